The summed E-state index contributed by atoms with van der Waals surface area (Å²) in [6.07, 6.45) is 7.00. The molecule has 0 aliphatic heterocycles. The quantitative estimate of drug-likeness (QED) is 0.494. The van der Waals surface area contributed by atoms with E-state index in [0.717, 1.165) is 12.8 Å². The zero-order valence-corrected chi connectivity index (χ0v) is 17.8. The Bertz CT molecular complexity index is 902. The van der Waals surface area contributed by atoms with Gasteiger partial charge in [0.25, 0.3) is 0 Å². The Morgan fingerprint density at radius 2 is 0.963 bits per heavy atom. The Balaban J connectivity index is 1.91. The Labute approximate surface area is 164 Å². The number of allylic oxidation sites excluding steroid dienone is 8. The monoisotopic (exact) mass is 368 g/mol. The molecule has 2 aromatic carbocycles. The number of benzene rings is 2. The van der Waals surface area contributed by atoms with Crippen LogP contribution in [0.5, 0.6) is 0 Å². The molecule has 0 radical (unpaired) electrons. The lowest BCUT2D eigenvalue weighted by Gasteiger charge is -2.32. The molecule has 2 aliphatic carbocycles. The maximum absolute atomic E-state index is 2.55. The van der Waals surface area contributed by atoms with E-state index in [-0.39, 0.29) is 0 Å². The van der Waals surface area contributed by atoms with Crippen molar-refractivity contribution in [1.82, 2.24) is 0 Å². The summed E-state index contributed by atoms with van der Waals surface area (Å²) in [6, 6.07) is 22.0. The van der Waals surface area contributed by atoms with Crippen LogP contribution in [0.3, 0.4) is 0 Å². The maximum atomic E-state index is 2.55. The average molecular weight is 369 g/mol. The number of hydrogen-bond acceptors (Lipinski definition) is 0. The first kappa shape index (κ1) is 18.0. The summed E-state index contributed by atoms with van der Waals surface area (Å²) in [4.78, 5) is 0. The van der Waals surface area contributed by atoms with Gasteiger partial charge in [0.15, 0.2) is 0 Å². The van der Waals surface area contributed by atoms with Gasteiger partial charge in [-0.3, -0.25) is 0 Å². The smallest absolute Gasteiger partial charge is 0.0773 e. The molecule has 0 bridgehead atoms. The minimum atomic E-state index is -1.83. The van der Waals surface area contributed by atoms with Crippen LogP contribution in [-0.4, -0.2) is 8.07 Å². The highest BCUT2D eigenvalue weighted by Gasteiger charge is 2.39. The Kier molecular flexibility index (Phi) is 4.65. The van der Waals surface area contributed by atoms with Crippen LogP contribution in [0, 0.1) is 0 Å². The van der Waals surface area contributed by atoms with Crippen LogP contribution in [0.2, 0.25) is 13.1 Å². The first-order valence-corrected chi connectivity index (χ1v) is 12.9. The lowest BCUT2D eigenvalue weighted by Crippen LogP contribution is -2.34. The molecular formula is C26H28Si. The fourth-order valence-corrected chi connectivity index (χ4v) is 9.49. The third-order valence-corrected chi connectivity index (χ3v) is 10.0. The zero-order chi connectivity index (χ0) is 19.0. The molecule has 0 saturated carbocycles. The average Bonchev–Trinajstić information content (AvgIpc) is 3.27. The van der Waals surface area contributed by atoms with E-state index < -0.39 is 8.07 Å². The standard InChI is InChI=1S/C26H28Si/c1-19-15-17-23(21-11-7-5-8-12-21)25(19)27(3,4)26-20(2)16-18-24(26)22-13-9-6-10-14-22/h5-16H,17-18H2,1-4H3. The van der Waals surface area contributed by atoms with Crippen LogP contribution in [-0.2, 0) is 0 Å². The molecule has 4 rings (SSSR count). The molecule has 0 spiro atoms. The largest absolute Gasteiger partial charge is 0.113 e. The number of rotatable bonds is 4. The summed E-state index contributed by atoms with van der Waals surface area (Å²) < 4.78 is 0. The van der Waals surface area contributed by atoms with Gasteiger partial charge in [-0.15, -0.1) is 0 Å². The third-order valence-electron chi connectivity index (χ3n) is 6.11. The van der Waals surface area contributed by atoms with Crippen molar-refractivity contribution in [1.29, 1.82) is 0 Å². The van der Waals surface area contributed by atoms with E-state index in [1.807, 2.05) is 0 Å². The Morgan fingerprint density at radius 3 is 1.33 bits per heavy atom. The van der Waals surface area contributed by atoms with Crippen molar-refractivity contribution in [2.24, 2.45) is 0 Å². The second-order valence-corrected chi connectivity index (χ2v) is 12.5. The van der Waals surface area contributed by atoms with E-state index in [9.17, 15) is 0 Å². The molecule has 0 saturated heterocycles. The molecular weight excluding hydrogens is 340 g/mol. The maximum Gasteiger partial charge on any atom is 0.113 e. The highest BCUT2D eigenvalue weighted by Crippen LogP contribution is 2.47. The van der Waals surface area contributed by atoms with Gasteiger partial charge < -0.3 is 0 Å². The van der Waals surface area contributed by atoms with Crippen molar-refractivity contribution in [2.45, 2.75) is 39.8 Å². The minimum Gasteiger partial charge on any atom is -0.0773 e. The van der Waals surface area contributed by atoms with E-state index in [0.29, 0.717) is 0 Å². The van der Waals surface area contributed by atoms with Crippen molar-refractivity contribution in [3.8, 4) is 0 Å². The van der Waals surface area contributed by atoms with Gasteiger partial charge in [0.2, 0.25) is 0 Å². The zero-order valence-electron chi connectivity index (χ0n) is 16.8. The predicted molar refractivity (Wildman–Crippen MR) is 121 cm³/mol. The fraction of sp³-hybridized carbons (Fsp3) is 0.231. The SMILES string of the molecule is CC1=CCC(c2ccccc2)=C1[Si](C)(C)C1=C(c2ccccc2)CC=C1C. The van der Waals surface area contributed by atoms with Crippen LogP contribution in [0.15, 0.2) is 94.4 Å². The molecule has 0 amide bonds. The van der Waals surface area contributed by atoms with Gasteiger partial charge in [-0.1, -0.05) is 97.1 Å². The molecule has 0 fully saturated rings. The van der Waals surface area contributed by atoms with Gasteiger partial charge >= 0.3 is 0 Å². The van der Waals surface area contributed by atoms with Crippen molar-refractivity contribution in [2.75, 3.05) is 0 Å². The summed E-state index contributed by atoms with van der Waals surface area (Å²) in [5, 5.41) is 3.29. The predicted octanol–water partition coefficient (Wildman–Crippen LogP) is 7.38. The molecule has 1 heteroatoms. The topological polar surface area (TPSA) is 0 Å². The van der Waals surface area contributed by atoms with Crippen molar-refractivity contribution in [3.63, 3.8) is 0 Å². The number of hydrogen-bond donors (Lipinski definition) is 0. The summed E-state index contributed by atoms with van der Waals surface area (Å²) in [5.41, 5.74) is 8.86. The highest BCUT2D eigenvalue weighted by atomic mass is 28.3. The fourth-order valence-electron chi connectivity index (χ4n) is 5.06. The first-order chi connectivity index (χ1) is 13.0. The van der Waals surface area contributed by atoms with Crippen LogP contribution in [0.4, 0.5) is 0 Å². The van der Waals surface area contributed by atoms with Gasteiger partial charge in [-0.05, 0) is 59.4 Å². The van der Waals surface area contributed by atoms with Crippen molar-refractivity contribution >= 4 is 19.2 Å². The molecule has 0 aromatic heterocycles. The summed E-state index contributed by atoms with van der Waals surface area (Å²) in [6.45, 7) is 9.73. The second kappa shape index (κ2) is 6.98. The lowest BCUT2D eigenvalue weighted by molar-refractivity contribution is 1.41. The van der Waals surface area contributed by atoms with Crippen molar-refractivity contribution < 1.29 is 0 Å². The van der Waals surface area contributed by atoms with Gasteiger partial charge in [0, 0.05) is 0 Å². The van der Waals surface area contributed by atoms with Gasteiger partial charge in [0.05, 0.1) is 0 Å². The van der Waals surface area contributed by atoms with Crippen LogP contribution in [0.25, 0.3) is 11.1 Å². The molecule has 0 N–H and O–H groups in total. The van der Waals surface area contributed by atoms with Crippen LogP contribution < -0.4 is 0 Å². The van der Waals surface area contributed by atoms with Gasteiger partial charge in [-0.25, -0.2) is 0 Å². The molecule has 136 valence electrons. The van der Waals surface area contributed by atoms with Gasteiger partial charge in [-0.2, -0.15) is 0 Å². The Morgan fingerprint density at radius 1 is 0.593 bits per heavy atom. The molecule has 0 nitrogen and oxygen atoms in total. The van der Waals surface area contributed by atoms with Crippen molar-refractivity contribution in [3.05, 3.63) is 105 Å². The summed E-state index contributed by atoms with van der Waals surface area (Å²) >= 11 is 0. The summed E-state index contributed by atoms with van der Waals surface area (Å²) in [5.74, 6) is 0. The summed E-state index contributed by atoms with van der Waals surface area (Å²) in [7, 11) is -1.83. The van der Waals surface area contributed by atoms with E-state index in [1.54, 1.807) is 21.5 Å². The minimum absolute atomic E-state index is 1.07. The van der Waals surface area contributed by atoms with Gasteiger partial charge in [0.1, 0.15) is 8.07 Å². The second-order valence-electron chi connectivity index (χ2n) is 8.25. The normalized spacial score (nSPS) is 17.5. The molecule has 0 atom stereocenters. The molecule has 2 aromatic rings. The molecule has 0 unspecified atom stereocenters. The molecule has 0 heterocycles. The highest BCUT2D eigenvalue weighted by molar-refractivity contribution is 6.93. The van der Waals surface area contributed by atoms with E-state index >= 15 is 0 Å². The third kappa shape index (κ3) is 3.11. The lowest BCUT2D eigenvalue weighted by atomic mass is 10.1. The van der Waals surface area contributed by atoms with E-state index in [1.165, 1.54) is 22.3 Å². The molecule has 27 heavy (non-hydrogen) atoms. The van der Waals surface area contributed by atoms with E-state index in [4.69, 9.17) is 0 Å². The molecule has 2 aliphatic rings. The first-order valence-electron chi connectivity index (χ1n) is 9.92. The Hall–Kier alpha value is -2.38. The van der Waals surface area contributed by atoms with Crippen LogP contribution >= 0.6 is 0 Å². The van der Waals surface area contributed by atoms with E-state index in [2.05, 4.69) is 99.8 Å². The van der Waals surface area contributed by atoms with Crippen LogP contribution in [0.1, 0.15) is 37.8 Å².